The molecule has 0 fully saturated rings. The fourth-order valence-corrected chi connectivity index (χ4v) is 2.77. The molecule has 1 amide bonds. The number of carbonyl (C=O) groups excluding carboxylic acids is 1. The van der Waals surface area contributed by atoms with Crippen molar-refractivity contribution in [2.24, 2.45) is 0 Å². The molecule has 0 atom stereocenters. The zero-order valence-electron chi connectivity index (χ0n) is 12.8. The van der Waals surface area contributed by atoms with Crippen molar-refractivity contribution in [2.45, 2.75) is 20.4 Å². The molecule has 118 valence electrons. The Hall–Kier alpha value is -2.41. The van der Waals surface area contributed by atoms with Crippen molar-refractivity contribution in [3.05, 3.63) is 63.6 Å². The van der Waals surface area contributed by atoms with Crippen molar-refractivity contribution < 1.29 is 4.79 Å². The number of nitrogens with one attached hydrogen (secondary N) is 2. The molecule has 0 unspecified atom stereocenters. The summed E-state index contributed by atoms with van der Waals surface area (Å²) in [6.45, 7) is 4.49. The predicted octanol–water partition coefficient (Wildman–Crippen LogP) is 3.29. The molecule has 0 aliphatic heterocycles. The molecule has 7 heteroatoms. The van der Waals surface area contributed by atoms with E-state index in [4.69, 9.17) is 0 Å². The van der Waals surface area contributed by atoms with Gasteiger partial charge in [0.15, 0.2) is 0 Å². The molecule has 2 aromatic heterocycles. The van der Waals surface area contributed by atoms with Crippen molar-refractivity contribution in [1.29, 1.82) is 0 Å². The van der Waals surface area contributed by atoms with E-state index < -0.39 is 0 Å². The van der Waals surface area contributed by atoms with Crippen molar-refractivity contribution in [3.8, 4) is 0 Å². The zero-order chi connectivity index (χ0) is 16.4. The summed E-state index contributed by atoms with van der Waals surface area (Å²) in [7, 11) is 0. The molecule has 0 radical (unpaired) electrons. The van der Waals surface area contributed by atoms with E-state index >= 15 is 0 Å². The third-order valence-corrected chi connectivity index (χ3v) is 4.22. The Kier molecular flexibility index (Phi) is 4.29. The fraction of sp³-hybridized carbons (Fsp3) is 0.188. The lowest BCUT2D eigenvalue weighted by molar-refractivity contribution is 0.102. The van der Waals surface area contributed by atoms with Gasteiger partial charge in [0.1, 0.15) is 5.69 Å². The summed E-state index contributed by atoms with van der Waals surface area (Å²) in [6, 6.07) is 10.1. The lowest BCUT2D eigenvalue weighted by Gasteiger charge is -2.07. The molecule has 3 rings (SSSR count). The van der Waals surface area contributed by atoms with Crippen LogP contribution in [0.3, 0.4) is 0 Å². The monoisotopic (exact) mass is 373 g/mol. The van der Waals surface area contributed by atoms with Gasteiger partial charge in [-0.25, -0.2) is 0 Å². The van der Waals surface area contributed by atoms with E-state index in [1.807, 2.05) is 36.7 Å². The number of aryl methyl sites for hydroxylation is 1. The largest absolute Gasteiger partial charge is 0.317 e. The third kappa shape index (κ3) is 3.19. The normalized spacial score (nSPS) is 10.7. The van der Waals surface area contributed by atoms with E-state index in [2.05, 4.69) is 48.7 Å². The van der Waals surface area contributed by atoms with Gasteiger partial charge in [0.05, 0.1) is 34.3 Å². The summed E-state index contributed by atoms with van der Waals surface area (Å²) in [5.41, 5.74) is 3.97. The van der Waals surface area contributed by atoms with Gasteiger partial charge in [0, 0.05) is 0 Å². The molecule has 23 heavy (non-hydrogen) atoms. The second-order valence-electron chi connectivity index (χ2n) is 5.24. The van der Waals surface area contributed by atoms with Crippen molar-refractivity contribution >= 4 is 27.5 Å². The predicted molar refractivity (Wildman–Crippen MR) is 91.5 cm³/mol. The van der Waals surface area contributed by atoms with E-state index in [1.54, 1.807) is 6.20 Å². The number of aromatic amines is 1. The summed E-state index contributed by atoms with van der Waals surface area (Å²) in [5, 5.41) is 13.9. The van der Waals surface area contributed by atoms with Gasteiger partial charge in [0.25, 0.3) is 5.91 Å². The third-order valence-electron chi connectivity index (χ3n) is 3.62. The van der Waals surface area contributed by atoms with Crippen LogP contribution in [0.25, 0.3) is 0 Å². The molecule has 3 aromatic rings. The second-order valence-corrected chi connectivity index (χ2v) is 6.09. The van der Waals surface area contributed by atoms with Crippen molar-refractivity contribution in [2.75, 3.05) is 5.32 Å². The lowest BCUT2D eigenvalue weighted by Crippen LogP contribution is -2.14. The van der Waals surface area contributed by atoms with Crippen LogP contribution in [-0.4, -0.2) is 25.9 Å². The number of rotatable bonds is 4. The Morgan fingerprint density at radius 3 is 2.70 bits per heavy atom. The molecule has 0 spiro atoms. The minimum absolute atomic E-state index is 0.250. The lowest BCUT2D eigenvalue weighted by atomic mass is 10.2. The van der Waals surface area contributed by atoms with Crippen molar-refractivity contribution in [1.82, 2.24) is 20.0 Å². The first-order valence-electron chi connectivity index (χ1n) is 7.14. The Morgan fingerprint density at radius 1 is 1.30 bits per heavy atom. The number of amides is 1. The number of anilines is 1. The van der Waals surface area contributed by atoms with Crippen LogP contribution in [0, 0.1) is 13.8 Å². The van der Waals surface area contributed by atoms with Crippen LogP contribution >= 0.6 is 15.9 Å². The number of hydrogen-bond donors (Lipinski definition) is 2. The number of aromatic nitrogens is 4. The van der Waals surface area contributed by atoms with Crippen LogP contribution in [-0.2, 0) is 6.54 Å². The molecule has 0 bridgehead atoms. The Balaban J connectivity index is 1.84. The fourth-order valence-electron chi connectivity index (χ4n) is 2.39. The first kappa shape index (κ1) is 15.5. The summed E-state index contributed by atoms with van der Waals surface area (Å²) in [6.07, 6.45) is 1.55. The van der Waals surface area contributed by atoms with Gasteiger partial charge in [-0.2, -0.15) is 10.2 Å². The molecule has 2 N–H and O–H groups in total. The van der Waals surface area contributed by atoms with E-state index in [9.17, 15) is 4.79 Å². The first-order chi connectivity index (χ1) is 11.1. The van der Waals surface area contributed by atoms with Gasteiger partial charge < -0.3 is 5.32 Å². The topological polar surface area (TPSA) is 75.6 Å². The molecule has 1 aromatic carbocycles. The molecule has 0 saturated heterocycles. The number of carbonyl (C=O) groups is 1. The van der Waals surface area contributed by atoms with Gasteiger partial charge in [-0.3, -0.25) is 14.6 Å². The van der Waals surface area contributed by atoms with Gasteiger partial charge in [0.2, 0.25) is 0 Å². The molecule has 0 saturated carbocycles. The highest BCUT2D eigenvalue weighted by molar-refractivity contribution is 9.10. The maximum absolute atomic E-state index is 12.3. The van der Waals surface area contributed by atoms with Crippen LogP contribution in [0.1, 0.15) is 27.4 Å². The minimum atomic E-state index is -0.250. The van der Waals surface area contributed by atoms with Gasteiger partial charge in [-0.15, -0.1) is 0 Å². The van der Waals surface area contributed by atoms with Crippen LogP contribution in [0.4, 0.5) is 5.69 Å². The maximum Gasteiger partial charge on any atom is 0.274 e. The van der Waals surface area contributed by atoms with Crippen LogP contribution in [0.2, 0.25) is 0 Å². The number of benzene rings is 1. The molecular formula is C16H16BrN5O. The van der Waals surface area contributed by atoms with Crippen LogP contribution in [0.5, 0.6) is 0 Å². The summed E-state index contributed by atoms with van der Waals surface area (Å²) < 4.78 is 2.52. The number of nitrogens with zero attached hydrogens (tertiary/aromatic N) is 3. The van der Waals surface area contributed by atoms with Gasteiger partial charge in [-0.05, 0) is 35.3 Å². The van der Waals surface area contributed by atoms with E-state index in [0.29, 0.717) is 16.7 Å². The Morgan fingerprint density at radius 2 is 2.04 bits per heavy atom. The highest BCUT2D eigenvalue weighted by atomic mass is 79.9. The summed E-state index contributed by atoms with van der Waals surface area (Å²) in [4.78, 5) is 12.3. The Labute approximate surface area is 142 Å². The number of hydrogen-bond acceptors (Lipinski definition) is 3. The summed E-state index contributed by atoms with van der Waals surface area (Å²) >= 11 is 3.29. The first-order valence-corrected chi connectivity index (χ1v) is 7.93. The highest BCUT2D eigenvalue weighted by Crippen LogP contribution is 2.22. The minimum Gasteiger partial charge on any atom is -0.317 e. The highest BCUT2D eigenvalue weighted by Gasteiger charge is 2.18. The standard InChI is InChI=1S/C16H16BrN5O/c1-10-14(19-16(23)15-13(17)8-18-20-15)11(2)22(21-10)9-12-6-4-3-5-7-12/h3-8H,9H2,1-2H3,(H,18,20)(H,19,23). The maximum atomic E-state index is 12.3. The molecule has 0 aliphatic carbocycles. The summed E-state index contributed by atoms with van der Waals surface area (Å²) in [5.74, 6) is -0.250. The van der Waals surface area contributed by atoms with Gasteiger partial charge in [-0.1, -0.05) is 30.3 Å². The molecule has 6 nitrogen and oxygen atoms in total. The molecule has 2 heterocycles. The van der Waals surface area contributed by atoms with Gasteiger partial charge >= 0.3 is 0 Å². The SMILES string of the molecule is Cc1nn(Cc2ccccc2)c(C)c1NC(=O)c1[nH]ncc1Br. The number of H-pyrrole nitrogens is 1. The zero-order valence-corrected chi connectivity index (χ0v) is 14.4. The average molecular weight is 374 g/mol. The second kappa shape index (κ2) is 6.37. The van der Waals surface area contributed by atoms with Crippen molar-refractivity contribution in [3.63, 3.8) is 0 Å². The number of halogens is 1. The quantitative estimate of drug-likeness (QED) is 0.736. The average Bonchev–Trinajstić information content (AvgIpc) is 3.07. The smallest absolute Gasteiger partial charge is 0.274 e. The van der Waals surface area contributed by atoms with E-state index in [0.717, 1.165) is 22.6 Å². The Bertz CT molecular complexity index is 838. The van der Waals surface area contributed by atoms with E-state index in [1.165, 1.54) is 0 Å². The van der Waals surface area contributed by atoms with Crippen LogP contribution < -0.4 is 5.32 Å². The van der Waals surface area contributed by atoms with E-state index in [-0.39, 0.29) is 5.91 Å². The molecule has 0 aliphatic rings. The molecular weight excluding hydrogens is 358 g/mol. The van der Waals surface area contributed by atoms with Crippen LogP contribution in [0.15, 0.2) is 41.0 Å².